The first-order valence-corrected chi connectivity index (χ1v) is 10.2. The highest BCUT2D eigenvalue weighted by molar-refractivity contribution is 5.95. The number of methoxy groups -OCH3 is 3. The van der Waals surface area contributed by atoms with Crippen molar-refractivity contribution < 1.29 is 33.2 Å². The van der Waals surface area contributed by atoms with Gasteiger partial charge in [-0.3, -0.25) is 4.79 Å². The minimum absolute atomic E-state index is 0.261. The van der Waals surface area contributed by atoms with Crippen molar-refractivity contribution in [1.29, 1.82) is 0 Å². The highest BCUT2D eigenvalue weighted by Gasteiger charge is 2.19. The second-order valence-electron chi connectivity index (χ2n) is 6.32. The number of carbonyl (C=O) groups is 1. The molecule has 0 heterocycles. The van der Waals surface area contributed by atoms with Gasteiger partial charge in [0.15, 0.2) is 23.0 Å². The highest BCUT2D eigenvalue weighted by Crippen LogP contribution is 2.40. The summed E-state index contributed by atoms with van der Waals surface area (Å²) >= 11 is 0. The second kappa shape index (κ2) is 11.8. The van der Waals surface area contributed by atoms with E-state index in [1.807, 2.05) is 20.8 Å². The van der Waals surface area contributed by atoms with E-state index >= 15 is 0 Å². The molecule has 2 aromatic rings. The quantitative estimate of drug-likeness (QED) is 0.544. The van der Waals surface area contributed by atoms with E-state index in [0.717, 1.165) is 5.56 Å². The Balaban J connectivity index is 2.29. The number of nitrogens with one attached hydrogen (secondary N) is 1. The van der Waals surface area contributed by atoms with Gasteiger partial charge in [0.05, 0.1) is 41.2 Å². The summed E-state index contributed by atoms with van der Waals surface area (Å²) in [6.07, 6.45) is 0. The van der Waals surface area contributed by atoms with E-state index in [2.05, 4.69) is 5.32 Å². The van der Waals surface area contributed by atoms with Crippen LogP contribution in [-0.2, 0) is 6.54 Å². The molecule has 170 valence electrons. The molecule has 0 aliphatic rings. The molecule has 0 atom stereocenters. The van der Waals surface area contributed by atoms with Gasteiger partial charge in [-0.25, -0.2) is 0 Å². The Kier molecular flexibility index (Phi) is 9.12. The fourth-order valence-corrected chi connectivity index (χ4v) is 3.04. The third-order valence-electron chi connectivity index (χ3n) is 4.35. The molecule has 0 bridgehead atoms. The Morgan fingerprint density at radius 2 is 1.23 bits per heavy atom. The SMILES string of the molecule is CCOc1cc(C(=O)NCc2cc(OC)c(OC)c(OC)c2)cc(OCC)c1OCC. The molecule has 0 saturated carbocycles. The summed E-state index contributed by atoms with van der Waals surface area (Å²) in [5.41, 5.74) is 1.20. The van der Waals surface area contributed by atoms with E-state index in [4.69, 9.17) is 28.4 Å². The number of amides is 1. The summed E-state index contributed by atoms with van der Waals surface area (Å²) in [6, 6.07) is 6.89. The lowest BCUT2D eigenvalue weighted by atomic mass is 10.1. The van der Waals surface area contributed by atoms with Crippen LogP contribution >= 0.6 is 0 Å². The molecule has 2 aromatic carbocycles. The standard InChI is InChI=1S/C23H31NO7/c1-7-29-19-12-16(13-20(30-8-2)22(19)31-9-3)23(25)24-14-15-10-17(26-4)21(28-6)18(11-15)27-5/h10-13H,7-9,14H2,1-6H3,(H,24,25). The molecule has 0 aliphatic heterocycles. The van der Waals surface area contributed by atoms with Crippen molar-refractivity contribution in [2.24, 2.45) is 0 Å². The van der Waals surface area contributed by atoms with Crippen LogP contribution in [0, 0.1) is 0 Å². The molecule has 31 heavy (non-hydrogen) atoms. The lowest BCUT2D eigenvalue weighted by Crippen LogP contribution is -2.23. The molecule has 8 nitrogen and oxygen atoms in total. The number of ether oxygens (including phenoxy) is 6. The molecule has 8 heteroatoms. The van der Waals surface area contributed by atoms with E-state index in [-0.39, 0.29) is 12.5 Å². The summed E-state index contributed by atoms with van der Waals surface area (Å²) in [5.74, 6) is 2.68. The van der Waals surface area contributed by atoms with Crippen LogP contribution in [0.15, 0.2) is 24.3 Å². The largest absolute Gasteiger partial charge is 0.493 e. The van der Waals surface area contributed by atoms with Gasteiger partial charge in [-0.15, -0.1) is 0 Å². The maximum atomic E-state index is 12.9. The summed E-state index contributed by atoms with van der Waals surface area (Å²) in [5, 5.41) is 2.90. The molecule has 0 radical (unpaired) electrons. The Morgan fingerprint density at radius 1 is 0.710 bits per heavy atom. The van der Waals surface area contributed by atoms with E-state index in [1.54, 1.807) is 45.6 Å². The second-order valence-corrected chi connectivity index (χ2v) is 6.32. The summed E-state index contributed by atoms with van der Waals surface area (Å²) in [6.45, 7) is 7.19. The van der Waals surface area contributed by atoms with Gasteiger partial charge in [-0.05, 0) is 50.6 Å². The van der Waals surface area contributed by atoms with Gasteiger partial charge < -0.3 is 33.7 Å². The molecule has 0 aromatic heterocycles. The third-order valence-corrected chi connectivity index (χ3v) is 4.35. The first-order valence-electron chi connectivity index (χ1n) is 10.2. The monoisotopic (exact) mass is 433 g/mol. The Bertz CT molecular complexity index is 830. The summed E-state index contributed by atoms with van der Waals surface area (Å²) < 4.78 is 33.1. The zero-order valence-electron chi connectivity index (χ0n) is 19.0. The maximum Gasteiger partial charge on any atom is 0.251 e. The molecule has 1 amide bonds. The van der Waals surface area contributed by atoms with Crippen molar-refractivity contribution in [2.75, 3.05) is 41.2 Å². The van der Waals surface area contributed by atoms with Crippen molar-refractivity contribution in [3.8, 4) is 34.5 Å². The Labute approximate surface area is 183 Å². The van der Waals surface area contributed by atoms with Crippen LogP contribution in [0.1, 0.15) is 36.7 Å². The molecular weight excluding hydrogens is 402 g/mol. The van der Waals surface area contributed by atoms with Gasteiger partial charge in [0.25, 0.3) is 5.91 Å². The van der Waals surface area contributed by atoms with Crippen LogP contribution in [0.3, 0.4) is 0 Å². The number of hydrogen-bond donors (Lipinski definition) is 1. The molecular formula is C23H31NO7. The van der Waals surface area contributed by atoms with Crippen LogP contribution in [0.4, 0.5) is 0 Å². The molecule has 1 N–H and O–H groups in total. The van der Waals surface area contributed by atoms with Crippen LogP contribution < -0.4 is 33.7 Å². The predicted molar refractivity (Wildman–Crippen MR) is 117 cm³/mol. The third kappa shape index (κ3) is 5.87. The number of carbonyl (C=O) groups excluding carboxylic acids is 1. The van der Waals surface area contributed by atoms with Gasteiger partial charge in [0.1, 0.15) is 0 Å². The summed E-state index contributed by atoms with van der Waals surface area (Å²) in [4.78, 5) is 12.9. The molecule has 0 fully saturated rings. The van der Waals surface area contributed by atoms with E-state index in [1.165, 1.54) is 0 Å². The molecule has 2 rings (SSSR count). The topological polar surface area (TPSA) is 84.5 Å². The predicted octanol–water partition coefficient (Wildman–Crippen LogP) is 3.84. The highest BCUT2D eigenvalue weighted by atomic mass is 16.5. The van der Waals surface area contributed by atoms with Crippen molar-refractivity contribution >= 4 is 5.91 Å². The molecule has 0 spiro atoms. The fraction of sp³-hybridized carbons (Fsp3) is 0.435. The van der Waals surface area contributed by atoms with Crippen LogP contribution in [-0.4, -0.2) is 47.1 Å². The van der Waals surface area contributed by atoms with Crippen LogP contribution in [0.5, 0.6) is 34.5 Å². The van der Waals surface area contributed by atoms with E-state index < -0.39 is 0 Å². The average molecular weight is 434 g/mol. The zero-order valence-corrected chi connectivity index (χ0v) is 19.0. The van der Waals surface area contributed by atoms with Crippen molar-refractivity contribution in [3.05, 3.63) is 35.4 Å². The van der Waals surface area contributed by atoms with E-state index in [9.17, 15) is 4.79 Å². The van der Waals surface area contributed by atoms with Gasteiger partial charge in [0, 0.05) is 12.1 Å². The fourth-order valence-electron chi connectivity index (χ4n) is 3.04. The lowest BCUT2D eigenvalue weighted by molar-refractivity contribution is 0.0949. The number of rotatable bonds is 12. The molecule has 0 unspecified atom stereocenters. The van der Waals surface area contributed by atoms with Gasteiger partial charge >= 0.3 is 0 Å². The van der Waals surface area contributed by atoms with Crippen molar-refractivity contribution in [2.45, 2.75) is 27.3 Å². The number of hydrogen-bond acceptors (Lipinski definition) is 7. The Hall–Kier alpha value is -3.29. The lowest BCUT2D eigenvalue weighted by Gasteiger charge is -2.17. The first-order chi connectivity index (χ1) is 15.0. The normalized spacial score (nSPS) is 10.3. The minimum atomic E-state index is -0.279. The molecule has 0 saturated heterocycles. The first kappa shape index (κ1) is 24.0. The molecule has 0 aliphatic carbocycles. The number of benzene rings is 2. The van der Waals surface area contributed by atoms with Gasteiger partial charge in [0.2, 0.25) is 11.5 Å². The van der Waals surface area contributed by atoms with Gasteiger partial charge in [-0.1, -0.05) is 0 Å². The van der Waals surface area contributed by atoms with Gasteiger partial charge in [-0.2, -0.15) is 0 Å². The van der Waals surface area contributed by atoms with E-state index in [0.29, 0.717) is 59.9 Å². The smallest absolute Gasteiger partial charge is 0.251 e. The van der Waals surface area contributed by atoms with Crippen molar-refractivity contribution in [1.82, 2.24) is 5.32 Å². The maximum absolute atomic E-state index is 12.9. The van der Waals surface area contributed by atoms with Crippen LogP contribution in [0.25, 0.3) is 0 Å². The Morgan fingerprint density at radius 3 is 1.65 bits per heavy atom. The minimum Gasteiger partial charge on any atom is -0.493 e. The summed E-state index contributed by atoms with van der Waals surface area (Å²) in [7, 11) is 4.63. The van der Waals surface area contributed by atoms with Crippen molar-refractivity contribution in [3.63, 3.8) is 0 Å². The zero-order chi connectivity index (χ0) is 22.8. The average Bonchev–Trinajstić information content (AvgIpc) is 2.78. The van der Waals surface area contributed by atoms with Crippen LogP contribution in [0.2, 0.25) is 0 Å².